The van der Waals surface area contributed by atoms with Gasteiger partial charge in [0.2, 0.25) is 0 Å². The number of nitrogens with zero attached hydrogens (tertiary/aromatic N) is 1. The van der Waals surface area contributed by atoms with E-state index in [1.54, 1.807) is 0 Å². The SMILES string of the molecule is CCCCC/C=C\C/C=C\CCCCCCCCCCCC(=O)O[C@H](COC(=O)CCC/C=C\C/C=C\C/C=C\C/C=C\CCC[C@@H](C)O)COP(=O)(O)OCC[N+](C)(C)C. The first-order chi connectivity index (χ1) is 29.3. The molecule has 352 valence electrons. The van der Waals surface area contributed by atoms with Gasteiger partial charge in [-0.1, -0.05) is 138 Å². The van der Waals surface area contributed by atoms with Crippen LogP contribution in [0.5, 0.6) is 0 Å². The number of likely N-dealkylation sites (N-methyl/N-ethyl adjacent to an activating group) is 1. The minimum atomic E-state index is -4.40. The van der Waals surface area contributed by atoms with Crippen molar-refractivity contribution in [3.8, 4) is 0 Å². The Hall–Kier alpha value is -2.59. The van der Waals surface area contributed by atoms with Gasteiger partial charge in [-0.2, -0.15) is 0 Å². The van der Waals surface area contributed by atoms with E-state index in [9.17, 15) is 24.2 Å². The van der Waals surface area contributed by atoms with E-state index in [0.29, 0.717) is 23.9 Å². The summed E-state index contributed by atoms with van der Waals surface area (Å²) in [4.78, 5) is 35.4. The lowest BCUT2D eigenvalue weighted by Crippen LogP contribution is -2.37. The van der Waals surface area contributed by atoms with E-state index in [1.807, 2.05) is 34.1 Å². The van der Waals surface area contributed by atoms with Gasteiger partial charge in [0.05, 0.1) is 33.9 Å². The molecule has 0 rings (SSSR count). The van der Waals surface area contributed by atoms with E-state index < -0.39 is 32.5 Å². The molecule has 0 spiro atoms. The van der Waals surface area contributed by atoms with E-state index >= 15 is 0 Å². The highest BCUT2D eigenvalue weighted by atomic mass is 31.2. The molecule has 61 heavy (non-hydrogen) atoms. The highest BCUT2D eigenvalue weighted by Gasteiger charge is 2.27. The third kappa shape index (κ3) is 46.7. The second kappa shape index (κ2) is 41.4. The van der Waals surface area contributed by atoms with Crippen molar-refractivity contribution in [1.82, 2.24) is 0 Å². The summed E-state index contributed by atoms with van der Waals surface area (Å²) in [5.74, 6) is -0.890. The predicted octanol–water partition coefficient (Wildman–Crippen LogP) is 12.8. The molecule has 0 heterocycles. The van der Waals surface area contributed by atoms with Crippen LogP contribution < -0.4 is 0 Å². The Kier molecular flexibility index (Phi) is 39.7. The van der Waals surface area contributed by atoms with Crippen LogP contribution in [0, 0.1) is 0 Å². The fourth-order valence-electron chi connectivity index (χ4n) is 6.00. The Bertz CT molecular complexity index is 1280. The number of rotatable bonds is 42. The van der Waals surface area contributed by atoms with Crippen molar-refractivity contribution >= 4 is 19.8 Å². The maximum Gasteiger partial charge on any atom is 0.472 e. The third-order valence-corrected chi connectivity index (χ3v) is 10.7. The molecule has 2 N–H and O–H groups in total. The van der Waals surface area contributed by atoms with Gasteiger partial charge < -0.3 is 24.0 Å². The zero-order valence-corrected chi connectivity index (χ0v) is 40.1. The topological polar surface area (TPSA) is 129 Å². The lowest BCUT2D eigenvalue weighted by atomic mass is 10.1. The van der Waals surface area contributed by atoms with Crippen molar-refractivity contribution < 1.29 is 47.2 Å². The highest BCUT2D eigenvalue weighted by molar-refractivity contribution is 7.47. The smallest absolute Gasteiger partial charge is 0.462 e. The van der Waals surface area contributed by atoms with Crippen LogP contribution in [0.1, 0.15) is 174 Å². The second-order valence-corrected chi connectivity index (χ2v) is 18.5. The van der Waals surface area contributed by atoms with Gasteiger partial charge in [-0.15, -0.1) is 0 Å². The molecule has 11 heteroatoms. The molecule has 3 atom stereocenters. The van der Waals surface area contributed by atoms with Crippen LogP contribution in [0.25, 0.3) is 0 Å². The molecule has 0 amide bonds. The van der Waals surface area contributed by atoms with Crippen molar-refractivity contribution in [3.63, 3.8) is 0 Å². The molecule has 0 fully saturated rings. The number of hydrogen-bond donors (Lipinski definition) is 2. The first-order valence-electron chi connectivity index (χ1n) is 23.7. The molecule has 0 aliphatic heterocycles. The quantitative estimate of drug-likeness (QED) is 0.0202. The van der Waals surface area contributed by atoms with Crippen LogP contribution in [-0.2, 0) is 32.7 Å². The van der Waals surface area contributed by atoms with Crippen LogP contribution in [0.3, 0.4) is 0 Å². The summed E-state index contributed by atoms with van der Waals surface area (Å²) < 4.78 is 34.3. The first kappa shape index (κ1) is 58.4. The normalized spacial score (nSPS) is 14.7. The number of hydrogen-bond acceptors (Lipinski definition) is 8. The number of aliphatic hydroxyl groups is 1. The van der Waals surface area contributed by atoms with Gasteiger partial charge in [-0.3, -0.25) is 18.6 Å². The number of carbonyl (C=O) groups is 2. The van der Waals surface area contributed by atoms with E-state index in [1.165, 1.54) is 57.8 Å². The minimum absolute atomic E-state index is 0.0137. The average molecular weight is 879 g/mol. The molecular formula is C50H89NO9P+. The number of allylic oxidation sites excluding steroid dienone is 12. The van der Waals surface area contributed by atoms with Crippen LogP contribution in [0.2, 0.25) is 0 Å². The Morgan fingerprint density at radius 3 is 1.52 bits per heavy atom. The molecule has 0 aliphatic rings. The standard InChI is InChI=1S/C50H88NO9P/c1-6-7-8-9-10-11-12-13-14-15-16-17-20-24-27-30-33-36-39-42-50(54)60-48(46-59-61(55,56)58-44-43-51(3,4)5)45-57-49(53)41-38-35-32-29-26-23-21-18-19-22-25-28-31-34-37-40-47(2)52/h10-11,13-14,19,21-23,28-29,31-32,47-48,52H,6-9,12,15-18,20,24-27,30,33-46H2,1-5H3/p+1/b11-10-,14-13-,22-19-,23-21-,31-28-,32-29-/t47-,48-/m1/s1. The molecule has 0 bridgehead atoms. The van der Waals surface area contributed by atoms with Gasteiger partial charge in [-0.25, -0.2) is 4.57 Å². The minimum Gasteiger partial charge on any atom is -0.462 e. The number of ether oxygens (including phenoxy) is 2. The zero-order chi connectivity index (χ0) is 45.1. The average Bonchev–Trinajstić information content (AvgIpc) is 3.20. The van der Waals surface area contributed by atoms with Crippen molar-refractivity contribution in [2.75, 3.05) is 47.5 Å². The van der Waals surface area contributed by atoms with Gasteiger partial charge in [-0.05, 0) is 96.8 Å². The van der Waals surface area contributed by atoms with E-state index in [0.717, 1.165) is 77.0 Å². The molecule has 0 saturated heterocycles. The number of phosphoric acid groups is 1. The number of unbranched alkanes of at least 4 members (excludes halogenated alkanes) is 14. The lowest BCUT2D eigenvalue weighted by Gasteiger charge is -2.24. The summed E-state index contributed by atoms with van der Waals surface area (Å²) in [7, 11) is 1.42. The molecule has 0 saturated carbocycles. The Morgan fingerprint density at radius 2 is 1.02 bits per heavy atom. The maximum absolute atomic E-state index is 12.7. The number of carbonyl (C=O) groups excluding carboxylic acids is 2. The van der Waals surface area contributed by atoms with E-state index in [-0.39, 0.29) is 32.2 Å². The molecular weight excluding hydrogens is 790 g/mol. The third-order valence-electron chi connectivity index (χ3n) is 9.73. The van der Waals surface area contributed by atoms with Crippen molar-refractivity contribution in [2.24, 2.45) is 0 Å². The fraction of sp³-hybridized carbons (Fsp3) is 0.720. The molecule has 1 unspecified atom stereocenters. The van der Waals surface area contributed by atoms with Crippen LogP contribution in [0.4, 0.5) is 0 Å². The molecule has 0 aromatic rings. The molecule has 0 aliphatic carbocycles. The lowest BCUT2D eigenvalue weighted by molar-refractivity contribution is -0.870. The Morgan fingerprint density at radius 1 is 0.574 bits per heavy atom. The maximum atomic E-state index is 12.7. The molecule has 0 aromatic heterocycles. The second-order valence-electron chi connectivity index (χ2n) is 17.1. The van der Waals surface area contributed by atoms with Gasteiger partial charge in [0.1, 0.15) is 19.8 Å². The molecule has 10 nitrogen and oxygen atoms in total. The van der Waals surface area contributed by atoms with Crippen molar-refractivity contribution in [3.05, 3.63) is 72.9 Å². The van der Waals surface area contributed by atoms with E-state index in [4.69, 9.17) is 18.5 Å². The summed E-state index contributed by atoms with van der Waals surface area (Å²) in [6.45, 7) is 3.86. The van der Waals surface area contributed by atoms with Gasteiger partial charge in [0, 0.05) is 12.8 Å². The Balaban J connectivity index is 4.41. The number of esters is 2. The first-order valence-corrected chi connectivity index (χ1v) is 25.2. The van der Waals surface area contributed by atoms with Crippen LogP contribution in [0.15, 0.2) is 72.9 Å². The molecule has 0 radical (unpaired) electrons. The number of aliphatic hydroxyl groups excluding tert-OH is 1. The van der Waals surface area contributed by atoms with Gasteiger partial charge in [0.25, 0.3) is 0 Å². The van der Waals surface area contributed by atoms with Crippen molar-refractivity contribution in [1.29, 1.82) is 0 Å². The van der Waals surface area contributed by atoms with Crippen LogP contribution >= 0.6 is 7.82 Å². The predicted molar refractivity (Wildman–Crippen MR) is 253 cm³/mol. The summed E-state index contributed by atoms with van der Waals surface area (Å²) in [6, 6.07) is 0. The fourth-order valence-corrected chi connectivity index (χ4v) is 6.74. The summed E-state index contributed by atoms with van der Waals surface area (Å²) in [6.07, 6.45) is 49.4. The zero-order valence-electron chi connectivity index (χ0n) is 39.2. The summed E-state index contributed by atoms with van der Waals surface area (Å²) in [5, 5.41) is 9.28. The number of phosphoric ester groups is 1. The van der Waals surface area contributed by atoms with Gasteiger partial charge in [0.15, 0.2) is 6.10 Å². The van der Waals surface area contributed by atoms with Crippen molar-refractivity contribution in [2.45, 2.75) is 187 Å². The molecule has 0 aromatic carbocycles. The largest absolute Gasteiger partial charge is 0.472 e. The summed E-state index contributed by atoms with van der Waals surface area (Å²) in [5.41, 5.74) is 0. The monoisotopic (exact) mass is 879 g/mol. The highest BCUT2D eigenvalue weighted by Crippen LogP contribution is 2.43. The number of quaternary nitrogens is 1. The summed E-state index contributed by atoms with van der Waals surface area (Å²) >= 11 is 0. The van der Waals surface area contributed by atoms with Gasteiger partial charge >= 0.3 is 19.8 Å². The Labute approximate surface area is 372 Å². The van der Waals surface area contributed by atoms with Crippen LogP contribution in [-0.4, -0.2) is 86.1 Å². The van der Waals surface area contributed by atoms with E-state index in [2.05, 4.69) is 73.8 Å².